The smallest absolute Gasteiger partial charge is 0.0326 e. The average molecular weight is 272 g/mol. The molecule has 1 aromatic rings. The molecule has 2 aliphatic rings. The van der Waals surface area contributed by atoms with E-state index in [4.69, 9.17) is 0 Å². The number of hydrogen-bond acceptors (Lipinski definition) is 2. The molecule has 1 N–H and O–H groups in total. The summed E-state index contributed by atoms with van der Waals surface area (Å²) in [4.78, 5) is 2.46. The number of piperidine rings is 1. The molecule has 3 rings (SSSR count). The molecule has 0 aromatic heterocycles. The summed E-state index contributed by atoms with van der Waals surface area (Å²) in [5, 5.41) is 3.81. The molecule has 2 heteroatoms. The van der Waals surface area contributed by atoms with E-state index in [1.165, 1.54) is 57.3 Å². The van der Waals surface area contributed by atoms with Gasteiger partial charge in [0.1, 0.15) is 0 Å². The van der Waals surface area contributed by atoms with Crippen molar-refractivity contribution in [3.63, 3.8) is 0 Å². The largest absolute Gasteiger partial charge is 0.310 e. The third-order valence-corrected chi connectivity index (χ3v) is 5.16. The lowest BCUT2D eigenvalue weighted by Crippen LogP contribution is -2.32. The van der Waals surface area contributed by atoms with Gasteiger partial charge in [0, 0.05) is 6.04 Å². The zero-order valence-electron chi connectivity index (χ0n) is 13.0. The zero-order valence-corrected chi connectivity index (χ0v) is 13.0. The van der Waals surface area contributed by atoms with Gasteiger partial charge in [0.2, 0.25) is 0 Å². The Morgan fingerprint density at radius 3 is 2.80 bits per heavy atom. The van der Waals surface area contributed by atoms with Crippen LogP contribution in [0.15, 0.2) is 18.2 Å². The predicted molar refractivity (Wildman–Crippen MR) is 85.1 cm³/mol. The second kappa shape index (κ2) is 6.28. The highest BCUT2D eigenvalue weighted by Gasteiger charge is 2.22. The van der Waals surface area contributed by atoms with Crippen molar-refractivity contribution in [2.75, 3.05) is 26.7 Å². The number of likely N-dealkylation sites (tertiary alicyclic amines) is 1. The van der Waals surface area contributed by atoms with Crippen molar-refractivity contribution in [3.05, 3.63) is 34.9 Å². The first-order valence-corrected chi connectivity index (χ1v) is 8.24. The highest BCUT2D eigenvalue weighted by Crippen LogP contribution is 2.32. The van der Waals surface area contributed by atoms with Crippen molar-refractivity contribution >= 4 is 0 Å². The molecule has 0 amide bonds. The molecule has 0 saturated carbocycles. The Labute approximate surface area is 123 Å². The number of aryl methyl sites for hydroxylation is 2. The van der Waals surface area contributed by atoms with Gasteiger partial charge in [0.05, 0.1) is 0 Å². The fourth-order valence-electron chi connectivity index (χ4n) is 3.75. The maximum absolute atomic E-state index is 3.81. The maximum atomic E-state index is 3.81. The fourth-order valence-corrected chi connectivity index (χ4v) is 3.75. The fraction of sp³-hybridized carbons (Fsp3) is 0.667. The van der Waals surface area contributed by atoms with Gasteiger partial charge in [0.15, 0.2) is 0 Å². The second-order valence-electron chi connectivity index (χ2n) is 6.78. The quantitative estimate of drug-likeness (QED) is 0.904. The van der Waals surface area contributed by atoms with Crippen LogP contribution in [0.2, 0.25) is 0 Å². The first-order chi connectivity index (χ1) is 9.72. The molecule has 0 spiro atoms. The Kier molecular flexibility index (Phi) is 4.42. The van der Waals surface area contributed by atoms with E-state index in [-0.39, 0.29) is 0 Å². The van der Waals surface area contributed by atoms with Gasteiger partial charge in [0.25, 0.3) is 0 Å². The maximum Gasteiger partial charge on any atom is 0.0326 e. The van der Waals surface area contributed by atoms with E-state index in [2.05, 4.69) is 42.4 Å². The average Bonchev–Trinajstić information content (AvgIpc) is 2.84. The number of fused-ring (bicyclic) bond motifs is 1. The predicted octanol–water partition coefficient (Wildman–Crippen LogP) is 3.30. The molecule has 0 radical (unpaired) electrons. The van der Waals surface area contributed by atoms with Crippen LogP contribution in [-0.2, 0) is 6.42 Å². The van der Waals surface area contributed by atoms with Gasteiger partial charge >= 0.3 is 0 Å². The van der Waals surface area contributed by atoms with Crippen LogP contribution in [0.3, 0.4) is 0 Å². The second-order valence-corrected chi connectivity index (χ2v) is 6.78. The number of hydrogen-bond donors (Lipinski definition) is 1. The summed E-state index contributed by atoms with van der Waals surface area (Å²) in [6.45, 7) is 5.97. The Morgan fingerprint density at radius 2 is 2.00 bits per heavy atom. The van der Waals surface area contributed by atoms with Gasteiger partial charge in [-0.1, -0.05) is 23.8 Å². The lowest BCUT2D eigenvalue weighted by atomic mass is 9.93. The van der Waals surface area contributed by atoms with Gasteiger partial charge < -0.3 is 10.2 Å². The number of benzene rings is 1. The normalized spacial score (nSPS) is 24.0. The van der Waals surface area contributed by atoms with E-state index in [9.17, 15) is 0 Å². The Balaban J connectivity index is 1.47. The molecule has 1 aliphatic heterocycles. The van der Waals surface area contributed by atoms with Crippen molar-refractivity contribution in [2.45, 2.75) is 45.1 Å². The summed E-state index contributed by atoms with van der Waals surface area (Å²) in [5.74, 6) is 0.942. The topological polar surface area (TPSA) is 15.3 Å². The summed E-state index contributed by atoms with van der Waals surface area (Å²) < 4.78 is 0. The molecule has 1 aromatic carbocycles. The summed E-state index contributed by atoms with van der Waals surface area (Å²) in [6.07, 6.45) is 6.66. The zero-order chi connectivity index (χ0) is 13.9. The van der Waals surface area contributed by atoms with Crippen LogP contribution in [0.5, 0.6) is 0 Å². The van der Waals surface area contributed by atoms with Gasteiger partial charge in [-0.25, -0.2) is 0 Å². The minimum Gasteiger partial charge on any atom is -0.310 e. The molecule has 1 aliphatic carbocycles. The number of nitrogens with one attached hydrogen (secondary N) is 1. The van der Waals surface area contributed by atoms with E-state index < -0.39 is 0 Å². The molecular formula is C18H28N2. The van der Waals surface area contributed by atoms with Crippen LogP contribution in [0, 0.1) is 12.8 Å². The lowest BCUT2D eigenvalue weighted by molar-refractivity contribution is 0.210. The van der Waals surface area contributed by atoms with Crippen LogP contribution in [0.1, 0.15) is 48.4 Å². The van der Waals surface area contributed by atoms with Crippen LogP contribution in [0.25, 0.3) is 0 Å². The van der Waals surface area contributed by atoms with E-state index in [0.29, 0.717) is 6.04 Å². The number of rotatable bonds is 4. The highest BCUT2D eigenvalue weighted by molar-refractivity contribution is 5.37. The van der Waals surface area contributed by atoms with Crippen LogP contribution in [0.4, 0.5) is 0 Å². The van der Waals surface area contributed by atoms with E-state index in [1.807, 2.05) is 0 Å². The Hall–Kier alpha value is -0.860. The van der Waals surface area contributed by atoms with Gasteiger partial charge in [-0.15, -0.1) is 0 Å². The van der Waals surface area contributed by atoms with Crippen LogP contribution >= 0.6 is 0 Å². The van der Waals surface area contributed by atoms with Gasteiger partial charge in [-0.2, -0.15) is 0 Å². The first-order valence-electron chi connectivity index (χ1n) is 8.24. The van der Waals surface area contributed by atoms with Crippen molar-refractivity contribution in [1.82, 2.24) is 10.2 Å². The molecule has 1 atom stereocenters. The van der Waals surface area contributed by atoms with Gasteiger partial charge in [-0.3, -0.25) is 0 Å². The van der Waals surface area contributed by atoms with Crippen LogP contribution < -0.4 is 5.32 Å². The third kappa shape index (κ3) is 3.24. The Bertz CT molecular complexity index is 447. The minimum atomic E-state index is 0.608. The van der Waals surface area contributed by atoms with Crippen molar-refractivity contribution in [1.29, 1.82) is 0 Å². The number of nitrogens with zero attached hydrogens (tertiary/aromatic N) is 1. The first kappa shape index (κ1) is 14.1. The molecule has 1 fully saturated rings. The standard InChI is InChI=1S/C18H28N2/c1-14-3-4-16-5-6-18(17(16)13-14)19-10-7-15-8-11-20(2)12-9-15/h3-4,13,15,18-19H,5-12H2,1-2H3. The molecule has 1 unspecified atom stereocenters. The summed E-state index contributed by atoms with van der Waals surface area (Å²) in [6, 6.07) is 7.56. The summed E-state index contributed by atoms with van der Waals surface area (Å²) in [5.41, 5.74) is 4.52. The molecule has 1 saturated heterocycles. The summed E-state index contributed by atoms with van der Waals surface area (Å²) in [7, 11) is 2.24. The molecule has 2 nitrogen and oxygen atoms in total. The lowest BCUT2D eigenvalue weighted by Gasteiger charge is -2.29. The van der Waals surface area contributed by atoms with E-state index in [0.717, 1.165) is 5.92 Å². The monoisotopic (exact) mass is 272 g/mol. The summed E-state index contributed by atoms with van der Waals surface area (Å²) >= 11 is 0. The Morgan fingerprint density at radius 1 is 1.20 bits per heavy atom. The third-order valence-electron chi connectivity index (χ3n) is 5.16. The van der Waals surface area contributed by atoms with Crippen molar-refractivity contribution in [3.8, 4) is 0 Å². The highest BCUT2D eigenvalue weighted by atomic mass is 15.1. The van der Waals surface area contributed by atoms with Crippen LogP contribution in [-0.4, -0.2) is 31.6 Å². The van der Waals surface area contributed by atoms with E-state index >= 15 is 0 Å². The molecular weight excluding hydrogens is 244 g/mol. The van der Waals surface area contributed by atoms with Crippen molar-refractivity contribution in [2.24, 2.45) is 5.92 Å². The molecule has 1 heterocycles. The SMILES string of the molecule is Cc1ccc2c(c1)C(NCCC1CCN(C)CC1)CC2. The van der Waals surface area contributed by atoms with E-state index in [1.54, 1.807) is 11.1 Å². The molecule has 0 bridgehead atoms. The molecule has 20 heavy (non-hydrogen) atoms. The van der Waals surface area contributed by atoms with Gasteiger partial charge in [-0.05, 0) is 82.8 Å². The minimum absolute atomic E-state index is 0.608. The molecule has 110 valence electrons. The van der Waals surface area contributed by atoms with Crippen molar-refractivity contribution < 1.29 is 0 Å².